The summed E-state index contributed by atoms with van der Waals surface area (Å²) in [6, 6.07) is 7.38. The van der Waals surface area contributed by atoms with Gasteiger partial charge in [-0.05, 0) is 58.4 Å². The van der Waals surface area contributed by atoms with E-state index in [1.165, 1.54) is 0 Å². The van der Waals surface area contributed by atoms with Crippen molar-refractivity contribution in [2.45, 2.75) is 52.2 Å². The molecule has 3 amide bonds. The highest BCUT2D eigenvalue weighted by Crippen LogP contribution is 2.32. The maximum Gasteiger partial charge on any atom is 0.319 e. The molecule has 0 aliphatic carbocycles. The van der Waals surface area contributed by atoms with Gasteiger partial charge in [0.25, 0.3) is 0 Å². The average molecular weight is 482 g/mol. The number of ether oxygens (including phenoxy) is 1. The molecule has 1 saturated heterocycles. The number of anilines is 2. The number of carbonyl (C=O) groups excluding carboxylic acids is 2. The highest BCUT2D eigenvalue weighted by molar-refractivity contribution is 5.89. The third kappa shape index (κ3) is 5.54. The van der Waals surface area contributed by atoms with Crippen molar-refractivity contribution in [3.05, 3.63) is 35.5 Å². The molecular weight excluding hydrogens is 446 g/mol. The number of nitrogens with one attached hydrogen (secondary N) is 2. The first-order valence-electron chi connectivity index (χ1n) is 12.1. The molecule has 4 rings (SSSR count). The molecule has 188 valence electrons. The SMILES string of the molecule is CCNC(=O)Nc1ccc(-c2nc3c(c(N4CCOCC4C)n2)CCN(C(=O)C(C)(C)N)C3)cc1. The van der Waals surface area contributed by atoms with E-state index < -0.39 is 5.54 Å². The van der Waals surface area contributed by atoms with Gasteiger partial charge in [-0.2, -0.15) is 0 Å². The van der Waals surface area contributed by atoms with Gasteiger partial charge in [-0.15, -0.1) is 0 Å². The zero-order valence-corrected chi connectivity index (χ0v) is 20.9. The summed E-state index contributed by atoms with van der Waals surface area (Å²) in [5.74, 6) is 1.40. The summed E-state index contributed by atoms with van der Waals surface area (Å²) in [5, 5.41) is 5.52. The van der Waals surface area contributed by atoms with Gasteiger partial charge in [-0.25, -0.2) is 14.8 Å². The largest absolute Gasteiger partial charge is 0.377 e. The predicted octanol–water partition coefficient (Wildman–Crippen LogP) is 2.13. The highest BCUT2D eigenvalue weighted by atomic mass is 16.5. The van der Waals surface area contributed by atoms with Gasteiger partial charge in [0, 0.05) is 36.4 Å². The number of morpholine rings is 1. The minimum atomic E-state index is -0.943. The summed E-state index contributed by atoms with van der Waals surface area (Å²) >= 11 is 0. The predicted molar refractivity (Wildman–Crippen MR) is 135 cm³/mol. The number of hydrogen-bond donors (Lipinski definition) is 3. The quantitative estimate of drug-likeness (QED) is 0.597. The number of fused-ring (bicyclic) bond motifs is 1. The summed E-state index contributed by atoms with van der Waals surface area (Å²) in [5.41, 5.74) is 8.60. The Balaban J connectivity index is 1.69. The topological polar surface area (TPSA) is 126 Å². The minimum Gasteiger partial charge on any atom is -0.377 e. The van der Waals surface area contributed by atoms with Gasteiger partial charge in [0.2, 0.25) is 5.91 Å². The van der Waals surface area contributed by atoms with Crippen LogP contribution in [0.3, 0.4) is 0 Å². The van der Waals surface area contributed by atoms with Crippen molar-refractivity contribution >= 4 is 23.4 Å². The molecule has 35 heavy (non-hydrogen) atoms. The minimum absolute atomic E-state index is 0.0922. The Morgan fingerprint density at radius 3 is 2.60 bits per heavy atom. The van der Waals surface area contributed by atoms with Gasteiger partial charge in [0.05, 0.1) is 37.0 Å². The van der Waals surface area contributed by atoms with Crippen LogP contribution in [-0.2, 0) is 22.5 Å². The van der Waals surface area contributed by atoms with Gasteiger partial charge in [-0.1, -0.05) is 0 Å². The van der Waals surface area contributed by atoms with Crippen LogP contribution >= 0.6 is 0 Å². The molecule has 1 atom stereocenters. The first-order valence-corrected chi connectivity index (χ1v) is 12.1. The van der Waals surface area contributed by atoms with Crippen molar-refractivity contribution in [3.8, 4) is 11.4 Å². The number of nitrogens with two attached hydrogens (primary N) is 1. The number of urea groups is 1. The Bertz CT molecular complexity index is 1080. The maximum atomic E-state index is 12.9. The molecule has 1 aromatic heterocycles. The monoisotopic (exact) mass is 481 g/mol. The van der Waals surface area contributed by atoms with Crippen LogP contribution in [0.2, 0.25) is 0 Å². The number of benzene rings is 1. The Morgan fingerprint density at radius 1 is 1.20 bits per heavy atom. The molecule has 1 unspecified atom stereocenters. The lowest BCUT2D eigenvalue weighted by molar-refractivity contribution is -0.136. The van der Waals surface area contributed by atoms with Crippen molar-refractivity contribution < 1.29 is 14.3 Å². The van der Waals surface area contributed by atoms with E-state index in [2.05, 4.69) is 22.5 Å². The van der Waals surface area contributed by atoms with Crippen LogP contribution in [0.4, 0.5) is 16.3 Å². The van der Waals surface area contributed by atoms with Gasteiger partial charge in [-0.3, -0.25) is 4.79 Å². The molecule has 10 nitrogen and oxygen atoms in total. The van der Waals surface area contributed by atoms with E-state index in [9.17, 15) is 9.59 Å². The van der Waals surface area contributed by atoms with E-state index in [4.69, 9.17) is 20.4 Å². The average Bonchev–Trinajstić information content (AvgIpc) is 2.83. The molecule has 0 spiro atoms. The van der Waals surface area contributed by atoms with E-state index in [1.807, 2.05) is 31.2 Å². The summed E-state index contributed by atoms with van der Waals surface area (Å²) < 4.78 is 5.65. The van der Waals surface area contributed by atoms with Crippen molar-refractivity contribution in [2.24, 2.45) is 5.73 Å². The Labute approximate surface area is 206 Å². The summed E-state index contributed by atoms with van der Waals surface area (Å²) in [6.45, 7) is 11.0. The second-order valence-corrected chi connectivity index (χ2v) is 9.67. The normalized spacial score (nSPS) is 18.1. The first kappa shape index (κ1) is 24.9. The number of aromatic nitrogens is 2. The third-order valence-corrected chi connectivity index (χ3v) is 6.26. The van der Waals surface area contributed by atoms with E-state index in [0.29, 0.717) is 50.8 Å². The van der Waals surface area contributed by atoms with Gasteiger partial charge in [0.15, 0.2) is 5.82 Å². The molecule has 4 N–H and O–H groups in total. The first-order chi connectivity index (χ1) is 16.7. The summed E-state index contributed by atoms with van der Waals surface area (Å²) in [7, 11) is 0. The maximum absolute atomic E-state index is 12.9. The van der Waals surface area contributed by atoms with Crippen LogP contribution in [0.1, 0.15) is 39.0 Å². The van der Waals surface area contributed by atoms with Crippen LogP contribution < -0.4 is 21.3 Å². The molecule has 2 aliphatic rings. The molecule has 2 aliphatic heterocycles. The van der Waals surface area contributed by atoms with Gasteiger partial charge < -0.3 is 30.9 Å². The third-order valence-electron chi connectivity index (χ3n) is 6.26. The molecule has 0 saturated carbocycles. The number of nitrogens with zero attached hydrogens (tertiary/aromatic N) is 4. The standard InChI is InChI=1S/C25H35N7O3/c1-5-27-24(34)28-18-8-6-17(7-9-18)21-29-20-14-31(23(33)25(3,4)26)11-10-19(20)22(30-21)32-12-13-35-15-16(32)2/h6-9,16H,5,10-15,26H2,1-4H3,(H2,27,28,34). The van der Waals surface area contributed by atoms with E-state index in [1.54, 1.807) is 18.7 Å². The lowest BCUT2D eigenvalue weighted by Gasteiger charge is -2.38. The Kier molecular flexibility index (Phi) is 7.23. The van der Waals surface area contributed by atoms with Gasteiger partial charge in [0.1, 0.15) is 5.82 Å². The van der Waals surface area contributed by atoms with E-state index in [-0.39, 0.29) is 18.0 Å². The van der Waals surface area contributed by atoms with Crippen LogP contribution in [0.25, 0.3) is 11.4 Å². The fraction of sp³-hybridized carbons (Fsp3) is 0.520. The van der Waals surface area contributed by atoms with Crippen molar-refractivity contribution in [1.29, 1.82) is 0 Å². The molecular formula is C25H35N7O3. The van der Waals surface area contributed by atoms with Crippen LogP contribution in [0, 0.1) is 0 Å². The lowest BCUT2D eigenvalue weighted by atomic mass is 9.99. The van der Waals surface area contributed by atoms with E-state index >= 15 is 0 Å². The fourth-order valence-electron chi connectivity index (χ4n) is 4.44. The molecule has 10 heteroatoms. The fourth-order valence-corrected chi connectivity index (χ4v) is 4.44. The van der Waals surface area contributed by atoms with Crippen molar-refractivity contribution in [3.63, 3.8) is 0 Å². The second kappa shape index (κ2) is 10.2. The number of hydrogen-bond acceptors (Lipinski definition) is 7. The zero-order chi connectivity index (χ0) is 25.2. The number of amides is 3. The molecule has 1 aromatic carbocycles. The highest BCUT2D eigenvalue weighted by Gasteiger charge is 2.34. The van der Waals surface area contributed by atoms with Gasteiger partial charge >= 0.3 is 6.03 Å². The van der Waals surface area contributed by atoms with Crippen LogP contribution in [0.5, 0.6) is 0 Å². The van der Waals surface area contributed by atoms with Crippen LogP contribution in [0.15, 0.2) is 24.3 Å². The van der Waals surface area contributed by atoms with Crippen LogP contribution in [-0.4, -0.2) is 71.2 Å². The van der Waals surface area contributed by atoms with Crippen molar-refractivity contribution in [2.75, 3.05) is 43.1 Å². The van der Waals surface area contributed by atoms with Crippen molar-refractivity contribution in [1.82, 2.24) is 20.2 Å². The molecule has 0 bridgehead atoms. The summed E-state index contributed by atoms with van der Waals surface area (Å²) in [4.78, 5) is 38.7. The Hall–Kier alpha value is -3.24. The molecule has 2 aromatic rings. The zero-order valence-electron chi connectivity index (χ0n) is 20.9. The molecule has 3 heterocycles. The second-order valence-electron chi connectivity index (χ2n) is 9.67. The number of rotatable bonds is 5. The lowest BCUT2D eigenvalue weighted by Crippen LogP contribution is -2.52. The number of carbonyl (C=O) groups is 2. The molecule has 0 radical (unpaired) electrons. The molecule has 1 fully saturated rings. The Morgan fingerprint density at radius 2 is 1.94 bits per heavy atom. The summed E-state index contributed by atoms with van der Waals surface area (Å²) in [6.07, 6.45) is 0.673. The van der Waals surface area contributed by atoms with E-state index in [0.717, 1.165) is 29.2 Å². The smallest absolute Gasteiger partial charge is 0.319 e.